The smallest absolute Gasteiger partial charge is 0.266 e. The molecule has 1 aliphatic heterocycles. The number of aromatic hydroxyl groups is 1. The number of fused-ring (bicyclic) bond motifs is 1. The molecule has 0 aliphatic carbocycles. The van der Waals surface area contributed by atoms with Gasteiger partial charge in [0.25, 0.3) is 5.91 Å². The minimum absolute atomic E-state index is 0.0729. The van der Waals surface area contributed by atoms with Crippen LogP contribution in [0, 0.1) is 0 Å². The van der Waals surface area contributed by atoms with Crippen LogP contribution < -0.4 is 15.4 Å². The van der Waals surface area contributed by atoms with Crippen molar-refractivity contribution in [3.63, 3.8) is 0 Å². The van der Waals surface area contributed by atoms with Crippen LogP contribution in [0.4, 0.5) is 11.4 Å². The van der Waals surface area contributed by atoms with Gasteiger partial charge < -0.3 is 20.5 Å². The highest BCUT2D eigenvalue weighted by atomic mass is 35.5. The Morgan fingerprint density at radius 3 is 2.87 bits per heavy atom. The van der Waals surface area contributed by atoms with Gasteiger partial charge in [-0.2, -0.15) is 0 Å². The predicted octanol–water partition coefficient (Wildman–Crippen LogP) is 2.77. The Hall–Kier alpha value is -2.73. The van der Waals surface area contributed by atoms with Gasteiger partial charge in [-0.05, 0) is 30.3 Å². The van der Waals surface area contributed by atoms with Crippen molar-refractivity contribution in [2.45, 2.75) is 12.5 Å². The van der Waals surface area contributed by atoms with E-state index in [1.54, 1.807) is 24.3 Å². The molecule has 1 unspecified atom stereocenters. The van der Waals surface area contributed by atoms with E-state index in [9.17, 15) is 14.7 Å². The van der Waals surface area contributed by atoms with Crippen molar-refractivity contribution in [2.75, 3.05) is 10.6 Å². The summed E-state index contributed by atoms with van der Waals surface area (Å²) >= 11 is 5.78. The van der Waals surface area contributed by atoms with E-state index in [0.717, 1.165) is 0 Å². The maximum atomic E-state index is 12.1. The van der Waals surface area contributed by atoms with Crippen LogP contribution in [0.3, 0.4) is 0 Å². The third-order valence-corrected chi connectivity index (χ3v) is 3.61. The second kappa shape index (κ2) is 6.18. The summed E-state index contributed by atoms with van der Waals surface area (Å²) in [6, 6.07) is 11.3. The monoisotopic (exact) mass is 332 g/mol. The van der Waals surface area contributed by atoms with E-state index >= 15 is 0 Å². The van der Waals surface area contributed by atoms with Gasteiger partial charge in [0.15, 0.2) is 6.10 Å². The lowest BCUT2D eigenvalue weighted by atomic mass is 10.1. The van der Waals surface area contributed by atoms with Gasteiger partial charge >= 0.3 is 0 Å². The van der Waals surface area contributed by atoms with E-state index in [2.05, 4.69) is 10.6 Å². The summed E-state index contributed by atoms with van der Waals surface area (Å²) in [5.41, 5.74) is 1.01. The van der Waals surface area contributed by atoms with Crippen molar-refractivity contribution in [1.82, 2.24) is 0 Å². The first-order chi connectivity index (χ1) is 11.0. The average Bonchev–Trinajstić information content (AvgIpc) is 2.51. The number of carbonyl (C=O) groups is 2. The van der Waals surface area contributed by atoms with E-state index in [-0.39, 0.29) is 23.1 Å². The average molecular weight is 333 g/mol. The highest BCUT2D eigenvalue weighted by molar-refractivity contribution is 6.32. The molecule has 0 bridgehead atoms. The minimum Gasteiger partial charge on any atom is -0.506 e. The Balaban J connectivity index is 1.66. The fourth-order valence-electron chi connectivity index (χ4n) is 2.19. The second-order valence-corrected chi connectivity index (χ2v) is 5.42. The molecule has 7 heteroatoms. The van der Waals surface area contributed by atoms with E-state index in [1.807, 2.05) is 0 Å². The Bertz CT molecular complexity index is 778. The van der Waals surface area contributed by atoms with Gasteiger partial charge in [-0.3, -0.25) is 9.59 Å². The first-order valence-corrected chi connectivity index (χ1v) is 7.25. The van der Waals surface area contributed by atoms with Gasteiger partial charge in [-0.15, -0.1) is 0 Å². The summed E-state index contributed by atoms with van der Waals surface area (Å²) in [5, 5.41) is 14.8. The summed E-state index contributed by atoms with van der Waals surface area (Å²) in [6.07, 6.45) is -1.05. The Morgan fingerprint density at radius 2 is 2.09 bits per heavy atom. The predicted molar refractivity (Wildman–Crippen MR) is 85.9 cm³/mol. The molecule has 0 fully saturated rings. The number of ether oxygens (including phenoxy) is 1. The minimum atomic E-state index is -0.905. The van der Waals surface area contributed by atoms with Gasteiger partial charge in [0, 0.05) is 5.69 Å². The molecular formula is C16H13ClN2O4. The third kappa shape index (κ3) is 3.37. The molecule has 0 spiro atoms. The summed E-state index contributed by atoms with van der Waals surface area (Å²) in [4.78, 5) is 24.0. The van der Waals surface area contributed by atoms with Crippen molar-refractivity contribution in [1.29, 1.82) is 0 Å². The Labute approximate surface area is 137 Å². The number of para-hydroxylation sites is 2. The van der Waals surface area contributed by atoms with E-state index in [4.69, 9.17) is 16.3 Å². The van der Waals surface area contributed by atoms with Crippen LogP contribution in [0.1, 0.15) is 6.42 Å². The molecule has 2 aromatic carbocycles. The zero-order chi connectivity index (χ0) is 16.4. The molecule has 1 aliphatic rings. The number of carbonyl (C=O) groups excluding carboxylic acids is 2. The van der Waals surface area contributed by atoms with Gasteiger partial charge in [-0.1, -0.05) is 23.7 Å². The molecule has 2 aromatic rings. The molecule has 3 N–H and O–H groups in total. The molecule has 6 nitrogen and oxygen atoms in total. The van der Waals surface area contributed by atoms with Crippen molar-refractivity contribution < 1.29 is 19.4 Å². The molecule has 1 heterocycles. The van der Waals surface area contributed by atoms with Crippen molar-refractivity contribution >= 4 is 34.8 Å². The van der Waals surface area contributed by atoms with E-state index in [1.165, 1.54) is 18.2 Å². The van der Waals surface area contributed by atoms with Gasteiger partial charge in [0.05, 0.1) is 17.1 Å². The lowest BCUT2D eigenvalue weighted by molar-refractivity contribution is -0.128. The van der Waals surface area contributed by atoms with Crippen LogP contribution in [0.5, 0.6) is 11.5 Å². The molecule has 0 saturated heterocycles. The highest BCUT2D eigenvalue weighted by Crippen LogP contribution is 2.30. The third-order valence-electron chi connectivity index (χ3n) is 3.31. The number of rotatable bonds is 3. The standard InChI is InChI=1S/C16H13ClN2O4/c17-10-7-9(5-6-12(10)20)18-15(21)8-14-16(22)19-11-3-1-2-4-13(11)23-14/h1-7,14,20H,8H2,(H,18,21)(H,19,22). The van der Waals surface area contributed by atoms with Crippen molar-refractivity contribution in [3.05, 3.63) is 47.5 Å². The van der Waals surface area contributed by atoms with Gasteiger partial charge in [0.1, 0.15) is 11.5 Å². The van der Waals surface area contributed by atoms with Gasteiger partial charge in [0.2, 0.25) is 5.91 Å². The summed E-state index contributed by atoms with van der Waals surface area (Å²) in [5.74, 6) is -0.317. The van der Waals surface area contributed by atoms with Gasteiger partial charge in [-0.25, -0.2) is 0 Å². The number of nitrogens with one attached hydrogen (secondary N) is 2. The zero-order valence-corrected chi connectivity index (χ0v) is 12.6. The van der Waals surface area contributed by atoms with Crippen LogP contribution in [0.15, 0.2) is 42.5 Å². The fourth-order valence-corrected chi connectivity index (χ4v) is 2.37. The first kappa shape index (κ1) is 15.2. The molecule has 23 heavy (non-hydrogen) atoms. The quantitative estimate of drug-likeness (QED) is 0.754. The molecule has 3 rings (SSSR count). The molecule has 0 radical (unpaired) electrons. The largest absolute Gasteiger partial charge is 0.506 e. The van der Waals surface area contributed by atoms with Crippen molar-refractivity contribution in [2.24, 2.45) is 0 Å². The second-order valence-electron chi connectivity index (χ2n) is 5.01. The number of phenols is 1. The van der Waals surface area contributed by atoms with E-state index in [0.29, 0.717) is 17.1 Å². The Kier molecular flexibility index (Phi) is 4.08. The maximum Gasteiger partial charge on any atom is 0.266 e. The van der Waals surface area contributed by atoms with Crippen molar-refractivity contribution in [3.8, 4) is 11.5 Å². The maximum absolute atomic E-state index is 12.1. The summed E-state index contributed by atoms with van der Waals surface area (Å²) in [7, 11) is 0. The zero-order valence-electron chi connectivity index (χ0n) is 11.9. The first-order valence-electron chi connectivity index (χ1n) is 6.88. The number of hydrogen-bond acceptors (Lipinski definition) is 4. The SMILES string of the molecule is O=C(CC1Oc2ccccc2NC1=O)Nc1ccc(O)c(Cl)c1. The molecule has 1 atom stereocenters. The lowest BCUT2D eigenvalue weighted by Gasteiger charge is -2.25. The number of anilines is 2. The number of hydrogen-bond donors (Lipinski definition) is 3. The van der Waals surface area contributed by atoms with Crippen LogP contribution in [0.25, 0.3) is 0 Å². The molecular weight excluding hydrogens is 320 g/mol. The van der Waals surface area contributed by atoms with Crippen LogP contribution in [-0.2, 0) is 9.59 Å². The van der Waals surface area contributed by atoms with Crippen LogP contribution >= 0.6 is 11.6 Å². The molecule has 2 amide bonds. The lowest BCUT2D eigenvalue weighted by Crippen LogP contribution is -2.39. The number of phenolic OH excluding ortho intramolecular Hbond substituents is 1. The highest BCUT2D eigenvalue weighted by Gasteiger charge is 2.29. The number of amides is 2. The normalized spacial score (nSPS) is 16.0. The molecule has 0 saturated carbocycles. The fraction of sp³-hybridized carbons (Fsp3) is 0.125. The molecule has 118 valence electrons. The molecule has 0 aromatic heterocycles. The number of benzene rings is 2. The van der Waals surface area contributed by atoms with Crippen LogP contribution in [-0.4, -0.2) is 23.0 Å². The van der Waals surface area contributed by atoms with E-state index < -0.39 is 12.0 Å². The van der Waals surface area contributed by atoms with Crippen LogP contribution in [0.2, 0.25) is 5.02 Å². The summed E-state index contributed by atoms with van der Waals surface area (Å²) < 4.78 is 5.56. The Morgan fingerprint density at radius 1 is 1.30 bits per heavy atom. The number of halogens is 1. The topological polar surface area (TPSA) is 87.7 Å². The summed E-state index contributed by atoms with van der Waals surface area (Å²) in [6.45, 7) is 0.